The highest BCUT2D eigenvalue weighted by Crippen LogP contribution is 2.60. The highest BCUT2D eigenvalue weighted by atomic mass is 28.3. The number of hydrogen-bond donors (Lipinski definition) is 3. The molecule has 0 aromatic heterocycles. The molecule has 10 nitrogen and oxygen atoms in total. The van der Waals surface area contributed by atoms with Crippen molar-refractivity contribution in [3.05, 3.63) is 114 Å². The molecule has 266 valence electrons. The molecule has 4 aromatic carbocycles. The highest BCUT2D eigenvalue weighted by molar-refractivity contribution is 6.91. The van der Waals surface area contributed by atoms with Crippen molar-refractivity contribution in [2.45, 2.75) is 50.2 Å². The van der Waals surface area contributed by atoms with Gasteiger partial charge in [-0.05, 0) is 65.7 Å². The molecule has 11 heteroatoms. The number of benzene rings is 4. The van der Waals surface area contributed by atoms with Crippen LogP contribution in [0.1, 0.15) is 34.8 Å². The summed E-state index contributed by atoms with van der Waals surface area (Å²) in [6.07, 6.45) is -0.569. The van der Waals surface area contributed by atoms with Gasteiger partial charge in [-0.1, -0.05) is 67.7 Å². The fraction of sp³-hybridized carbons (Fsp3) is 0.325. The summed E-state index contributed by atoms with van der Waals surface area (Å²) in [7, 11) is 0.863. The van der Waals surface area contributed by atoms with Gasteiger partial charge in [-0.3, -0.25) is 14.4 Å². The normalized spacial score (nSPS) is 21.1. The monoisotopic (exact) mass is 706 g/mol. The lowest BCUT2D eigenvalue weighted by molar-refractivity contribution is -0.149. The molecule has 6 rings (SSSR count). The number of methoxy groups -OCH3 is 1. The predicted octanol–water partition coefficient (Wildman–Crippen LogP) is 5.13. The summed E-state index contributed by atoms with van der Waals surface area (Å²) in [5, 5.41) is 14.1. The Morgan fingerprint density at radius 3 is 2.35 bits per heavy atom. The Bertz CT molecular complexity index is 1900. The molecule has 4 N–H and O–H groups in total. The Kier molecular flexibility index (Phi) is 10.1. The summed E-state index contributed by atoms with van der Waals surface area (Å²) in [5.74, 6) is -0.256. The van der Waals surface area contributed by atoms with Crippen LogP contribution in [0.25, 0.3) is 0 Å². The van der Waals surface area contributed by atoms with Gasteiger partial charge in [0.05, 0.1) is 40.0 Å². The van der Waals surface area contributed by atoms with E-state index in [1.165, 1.54) is 0 Å². The number of anilines is 3. The van der Waals surface area contributed by atoms with Gasteiger partial charge in [-0.25, -0.2) is 0 Å². The van der Waals surface area contributed by atoms with Crippen LogP contribution in [0.2, 0.25) is 18.6 Å². The van der Waals surface area contributed by atoms with Crippen LogP contribution >= 0.6 is 0 Å². The van der Waals surface area contributed by atoms with E-state index in [-0.39, 0.29) is 48.8 Å². The van der Waals surface area contributed by atoms with Gasteiger partial charge in [-0.15, -0.1) is 0 Å². The average molecular weight is 707 g/mol. The first-order valence-electron chi connectivity index (χ1n) is 17.2. The quantitative estimate of drug-likeness (QED) is 0.145. The van der Waals surface area contributed by atoms with E-state index < -0.39 is 19.8 Å². The van der Waals surface area contributed by atoms with Crippen molar-refractivity contribution < 1.29 is 29.0 Å². The number of hydrogen-bond acceptors (Lipinski definition) is 7. The largest absolute Gasteiger partial charge is 0.497 e. The zero-order chi connectivity index (χ0) is 36.5. The number of aliphatic hydroxyl groups excluding tert-OH is 1. The Morgan fingerprint density at radius 1 is 1.02 bits per heavy atom. The minimum atomic E-state index is -2.51. The van der Waals surface area contributed by atoms with E-state index in [1.54, 1.807) is 54.3 Å². The number of nitrogens with one attached hydrogen (secondary N) is 1. The summed E-state index contributed by atoms with van der Waals surface area (Å²) in [4.78, 5) is 45.3. The lowest BCUT2D eigenvalue weighted by atomic mass is 9.82. The molecule has 0 saturated carbocycles. The number of rotatable bonds is 11. The standard InChI is InChI=1S/C40H46N4O6Si/c1-26-37(51(4,5)32-18-16-31(49-3)17-19-32)35(24-36(46)44(21-22-45)25-27-9-7-6-8-10-27)50-40(26)33-23-30(15-20-34(33)43(2)39(40)48)42-38(47)28-11-13-29(41)14-12-28/h6-20,23,26,35,37,45H,21-22,24-25,41H2,1-5H3,(H,42,47)/t26-,35+,37-,40+/m1/s1. The number of amides is 3. The second-order valence-corrected chi connectivity index (χ2v) is 18.7. The number of nitrogens with two attached hydrogens (primary N) is 1. The molecule has 1 fully saturated rings. The zero-order valence-corrected chi connectivity index (χ0v) is 30.8. The van der Waals surface area contributed by atoms with Gasteiger partial charge >= 0.3 is 0 Å². The highest BCUT2D eigenvalue weighted by Gasteiger charge is 2.66. The van der Waals surface area contributed by atoms with E-state index in [1.807, 2.05) is 54.6 Å². The Morgan fingerprint density at radius 2 is 1.71 bits per heavy atom. The maximum absolute atomic E-state index is 14.6. The number of likely N-dealkylation sites (N-methyl/N-ethyl adjacent to an activating group) is 1. The maximum Gasteiger partial charge on any atom is 0.264 e. The van der Waals surface area contributed by atoms with Crippen LogP contribution in [0.4, 0.5) is 17.1 Å². The molecule has 1 spiro atoms. The number of nitrogen functional groups attached to an aromatic ring is 1. The number of carbonyl (C=O) groups excluding carboxylic acids is 3. The second kappa shape index (κ2) is 14.3. The van der Waals surface area contributed by atoms with Crippen molar-refractivity contribution in [1.82, 2.24) is 4.90 Å². The molecule has 0 unspecified atom stereocenters. The molecule has 4 atom stereocenters. The SMILES string of the molecule is COc1ccc([Si](C)(C)[C@H]2[C@H](CC(=O)N(CCO)Cc3ccccc3)O[C@@]3(C(=O)N(C)c4ccc(NC(=O)c5ccc(N)cc5)cc43)[C@@H]2C)cc1. The summed E-state index contributed by atoms with van der Waals surface area (Å²) in [6.45, 7) is 6.92. The van der Waals surface area contributed by atoms with Gasteiger partial charge in [0.15, 0.2) is 5.60 Å². The lowest BCUT2D eigenvalue weighted by Crippen LogP contribution is -2.52. The van der Waals surface area contributed by atoms with Crippen molar-refractivity contribution in [2.75, 3.05) is 43.3 Å². The first kappa shape index (κ1) is 35.8. The van der Waals surface area contributed by atoms with Crippen molar-refractivity contribution in [2.24, 2.45) is 5.92 Å². The molecular formula is C40H46N4O6Si. The summed E-state index contributed by atoms with van der Waals surface area (Å²) in [5.41, 5.74) is 8.11. The van der Waals surface area contributed by atoms with Crippen molar-refractivity contribution in [3.63, 3.8) is 0 Å². The number of nitrogens with zero attached hydrogens (tertiary/aromatic N) is 2. The average Bonchev–Trinajstić information content (AvgIpc) is 3.54. The fourth-order valence-corrected chi connectivity index (χ4v) is 12.1. The topological polar surface area (TPSA) is 134 Å². The smallest absolute Gasteiger partial charge is 0.264 e. The summed E-state index contributed by atoms with van der Waals surface area (Å²) < 4.78 is 12.5. The van der Waals surface area contributed by atoms with Gasteiger partial charge in [-0.2, -0.15) is 0 Å². The number of carbonyl (C=O) groups is 3. The van der Waals surface area contributed by atoms with E-state index in [0.717, 1.165) is 16.5 Å². The van der Waals surface area contributed by atoms with Crippen LogP contribution in [0.3, 0.4) is 0 Å². The van der Waals surface area contributed by atoms with E-state index in [2.05, 4.69) is 37.5 Å². The van der Waals surface area contributed by atoms with Crippen LogP contribution in [-0.2, 0) is 26.5 Å². The molecule has 4 aromatic rings. The maximum atomic E-state index is 14.6. The fourth-order valence-electron chi connectivity index (χ4n) is 8.05. The third-order valence-corrected chi connectivity index (χ3v) is 15.1. The number of fused-ring (bicyclic) bond motifs is 2. The summed E-state index contributed by atoms with van der Waals surface area (Å²) >= 11 is 0. The molecule has 0 bridgehead atoms. The molecule has 0 aliphatic carbocycles. The van der Waals surface area contributed by atoms with Crippen molar-refractivity contribution >= 4 is 48.0 Å². The first-order chi connectivity index (χ1) is 24.4. The van der Waals surface area contributed by atoms with E-state index >= 15 is 0 Å². The molecule has 0 radical (unpaired) electrons. The van der Waals surface area contributed by atoms with E-state index in [9.17, 15) is 19.5 Å². The Labute approximate surface area is 300 Å². The third kappa shape index (κ3) is 6.64. The minimum Gasteiger partial charge on any atom is -0.497 e. The second-order valence-electron chi connectivity index (χ2n) is 14.1. The molecule has 2 aliphatic rings. The molecule has 2 heterocycles. The van der Waals surface area contributed by atoms with Crippen molar-refractivity contribution in [3.8, 4) is 5.75 Å². The molecular weight excluding hydrogens is 661 g/mol. The molecule has 1 saturated heterocycles. The van der Waals surface area contributed by atoms with Gasteiger partial charge in [0.25, 0.3) is 11.8 Å². The molecule has 3 amide bonds. The van der Waals surface area contributed by atoms with Crippen molar-refractivity contribution in [1.29, 1.82) is 0 Å². The van der Waals surface area contributed by atoms with E-state index in [0.29, 0.717) is 34.7 Å². The zero-order valence-electron chi connectivity index (χ0n) is 29.8. The van der Waals surface area contributed by atoms with Crippen LogP contribution in [0.15, 0.2) is 97.1 Å². The summed E-state index contributed by atoms with van der Waals surface area (Å²) in [6, 6.07) is 29.8. The van der Waals surface area contributed by atoms with Crippen LogP contribution < -0.4 is 25.9 Å². The van der Waals surface area contributed by atoms with Gasteiger partial charge < -0.3 is 35.4 Å². The van der Waals surface area contributed by atoms with Gasteiger partial charge in [0, 0.05) is 48.6 Å². The predicted molar refractivity (Wildman–Crippen MR) is 202 cm³/mol. The molecule has 51 heavy (non-hydrogen) atoms. The lowest BCUT2D eigenvalue weighted by Gasteiger charge is -2.37. The first-order valence-corrected chi connectivity index (χ1v) is 20.3. The Balaban J connectivity index is 1.40. The molecule has 2 aliphatic heterocycles. The van der Waals surface area contributed by atoms with Gasteiger partial charge in [0.2, 0.25) is 5.91 Å². The Hall–Kier alpha value is -4.97. The van der Waals surface area contributed by atoms with Gasteiger partial charge in [0.1, 0.15) is 5.75 Å². The van der Waals surface area contributed by atoms with E-state index in [4.69, 9.17) is 15.2 Å². The van der Waals surface area contributed by atoms with Crippen LogP contribution in [0.5, 0.6) is 5.75 Å². The third-order valence-electron chi connectivity index (χ3n) is 10.7. The van der Waals surface area contributed by atoms with Crippen LogP contribution in [-0.4, -0.2) is 69.2 Å². The minimum absolute atomic E-state index is 0.0378. The van der Waals surface area contributed by atoms with Crippen LogP contribution in [0, 0.1) is 5.92 Å². The number of ether oxygens (including phenoxy) is 2. The number of aliphatic hydroxyl groups is 1.